The maximum Gasteiger partial charge on any atom is 0.297 e. The van der Waals surface area contributed by atoms with Gasteiger partial charge in [-0.05, 0) is 29.8 Å². The molecule has 0 saturated carbocycles. The zero-order chi connectivity index (χ0) is 8.43. The van der Waals surface area contributed by atoms with Crippen molar-refractivity contribution in [1.29, 1.82) is 0 Å². The molecule has 62 valence electrons. The monoisotopic (exact) mass is 218 g/mol. The highest BCUT2D eigenvalue weighted by molar-refractivity contribution is 9.10. The molecule has 0 unspecified atom stereocenters. The third-order valence-electron chi connectivity index (χ3n) is 1.23. The Morgan fingerprint density at radius 2 is 2.27 bits per heavy atom. The molecule has 1 rings (SSSR count). The summed E-state index contributed by atoms with van der Waals surface area (Å²) in [6, 6.07) is 0.645. The van der Waals surface area contributed by atoms with Crippen molar-refractivity contribution in [2.45, 2.75) is 20.0 Å². The average molecular weight is 219 g/mol. The Labute approximate surface area is 74.5 Å². The Balaban J connectivity index is 2.79. The molecular formula is C7H11BrN2O. The minimum atomic E-state index is 0.169. The van der Waals surface area contributed by atoms with Gasteiger partial charge in [0.2, 0.25) is 0 Å². The Morgan fingerprint density at radius 1 is 1.64 bits per heavy atom. The van der Waals surface area contributed by atoms with Crippen molar-refractivity contribution < 1.29 is 4.74 Å². The molecule has 0 saturated heterocycles. The van der Waals surface area contributed by atoms with E-state index in [0.717, 1.165) is 4.60 Å². The number of hydrogen-bond acceptors (Lipinski definition) is 2. The van der Waals surface area contributed by atoms with E-state index in [2.05, 4.69) is 20.9 Å². The minimum Gasteiger partial charge on any atom is -0.462 e. The van der Waals surface area contributed by atoms with E-state index in [1.54, 1.807) is 6.20 Å². The topological polar surface area (TPSA) is 27.1 Å². The molecule has 0 atom stereocenters. The highest BCUT2D eigenvalue weighted by Crippen LogP contribution is 2.16. The van der Waals surface area contributed by atoms with Gasteiger partial charge in [-0.1, -0.05) is 0 Å². The quantitative estimate of drug-likeness (QED) is 0.760. The van der Waals surface area contributed by atoms with Crippen LogP contribution in [0.25, 0.3) is 0 Å². The summed E-state index contributed by atoms with van der Waals surface area (Å²) in [5.41, 5.74) is 0. The van der Waals surface area contributed by atoms with E-state index < -0.39 is 0 Å². The second kappa shape index (κ2) is 3.26. The Bertz CT molecular complexity index is 245. The first-order valence-corrected chi connectivity index (χ1v) is 4.24. The Hall–Kier alpha value is -0.510. The molecule has 1 aromatic heterocycles. The van der Waals surface area contributed by atoms with Crippen LogP contribution in [0.15, 0.2) is 10.8 Å². The van der Waals surface area contributed by atoms with E-state index in [-0.39, 0.29) is 6.10 Å². The molecule has 11 heavy (non-hydrogen) atoms. The van der Waals surface area contributed by atoms with Gasteiger partial charge in [0.1, 0.15) is 4.60 Å². The van der Waals surface area contributed by atoms with Crippen molar-refractivity contribution in [3.63, 3.8) is 0 Å². The highest BCUT2D eigenvalue weighted by Gasteiger charge is 2.05. The fourth-order valence-corrected chi connectivity index (χ4v) is 0.947. The third-order valence-corrected chi connectivity index (χ3v) is 1.97. The second-order valence-corrected chi connectivity index (χ2v) is 3.40. The number of hydrogen-bond donors (Lipinski definition) is 0. The van der Waals surface area contributed by atoms with Crippen molar-refractivity contribution in [3.8, 4) is 6.01 Å². The second-order valence-electron chi connectivity index (χ2n) is 2.59. The van der Waals surface area contributed by atoms with E-state index in [1.807, 2.05) is 25.5 Å². The molecule has 1 aromatic rings. The summed E-state index contributed by atoms with van der Waals surface area (Å²) in [5, 5.41) is 0. The predicted octanol–water partition coefficient (Wildman–Crippen LogP) is 1.97. The fraction of sp³-hybridized carbons (Fsp3) is 0.571. The maximum absolute atomic E-state index is 5.39. The number of rotatable bonds is 2. The predicted molar refractivity (Wildman–Crippen MR) is 46.7 cm³/mol. The Kier molecular flexibility index (Phi) is 2.54. The van der Waals surface area contributed by atoms with E-state index in [9.17, 15) is 0 Å². The molecule has 4 heteroatoms. The number of aromatic nitrogens is 2. The lowest BCUT2D eigenvalue weighted by Crippen LogP contribution is -2.09. The van der Waals surface area contributed by atoms with Crippen LogP contribution in [0, 0.1) is 0 Å². The van der Waals surface area contributed by atoms with E-state index in [1.165, 1.54) is 0 Å². The van der Waals surface area contributed by atoms with Gasteiger partial charge in [0.15, 0.2) is 0 Å². The van der Waals surface area contributed by atoms with Crippen LogP contribution in [0.2, 0.25) is 0 Å². The van der Waals surface area contributed by atoms with Crippen LogP contribution in [-0.2, 0) is 7.05 Å². The highest BCUT2D eigenvalue weighted by atomic mass is 79.9. The summed E-state index contributed by atoms with van der Waals surface area (Å²) >= 11 is 3.33. The normalized spacial score (nSPS) is 10.6. The first-order chi connectivity index (χ1) is 5.11. The number of halogens is 1. The van der Waals surface area contributed by atoms with Crippen LogP contribution >= 0.6 is 15.9 Å². The standard InChI is InChI=1S/C7H11BrN2O/c1-5(2)11-7-9-4-6(8)10(7)3/h4-5H,1-3H3. The van der Waals surface area contributed by atoms with Crippen molar-refractivity contribution in [2.75, 3.05) is 0 Å². The lowest BCUT2D eigenvalue weighted by atomic mass is 10.5. The van der Waals surface area contributed by atoms with Crippen LogP contribution in [0.4, 0.5) is 0 Å². The minimum absolute atomic E-state index is 0.169. The van der Waals surface area contributed by atoms with Crippen LogP contribution in [0.1, 0.15) is 13.8 Å². The molecule has 0 N–H and O–H groups in total. The van der Waals surface area contributed by atoms with Crippen molar-refractivity contribution in [1.82, 2.24) is 9.55 Å². The summed E-state index contributed by atoms with van der Waals surface area (Å²) in [5.74, 6) is 0. The summed E-state index contributed by atoms with van der Waals surface area (Å²) in [6.07, 6.45) is 1.89. The van der Waals surface area contributed by atoms with Gasteiger partial charge in [0.25, 0.3) is 6.01 Å². The molecular weight excluding hydrogens is 208 g/mol. The molecule has 0 fully saturated rings. The summed E-state index contributed by atoms with van der Waals surface area (Å²) < 4.78 is 8.16. The van der Waals surface area contributed by atoms with Gasteiger partial charge >= 0.3 is 0 Å². The number of imidazole rings is 1. The average Bonchev–Trinajstić information content (AvgIpc) is 2.18. The van der Waals surface area contributed by atoms with E-state index in [0.29, 0.717) is 6.01 Å². The number of ether oxygens (including phenoxy) is 1. The molecule has 0 aromatic carbocycles. The van der Waals surface area contributed by atoms with Crippen molar-refractivity contribution in [3.05, 3.63) is 10.8 Å². The zero-order valence-corrected chi connectivity index (χ0v) is 8.42. The fourth-order valence-electron chi connectivity index (χ4n) is 0.693. The number of nitrogens with zero attached hydrogens (tertiary/aromatic N) is 2. The van der Waals surface area contributed by atoms with Gasteiger partial charge < -0.3 is 4.74 Å². The van der Waals surface area contributed by atoms with Gasteiger partial charge in [-0.25, -0.2) is 4.98 Å². The van der Waals surface area contributed by atoms with Gasteiger partial charge in [-0.2, -0.15) is 0 Å². The van der Waals surface area contributed by atoms with Crippen LogP contribution < -0.4 is 4.74 Å². The van der Waals surface area contributed by atoms with Gasteiger partial charge in [-0.15, -0.1) is 0 Å². The lowest BCUT2D eigenvalue weighted by Gasteiger charge is -2.07. The molecule has 0 radical (unpaired) electrons. The largest absolute Gasteiger partial charge is 0.462 e. The molecule has 0 aliphatic rings. The van der Waals surface area contributed by atoms with Gasteiger partial charge in [0.05, 0.1) is 12.3 Å². The van der Waals surface area contributed by atoms with E-state index >= 15 is 0 Å². The first-order valence-electron chi connectivity index (χ1n) is 3.45. The molecule has 0 aliphatic heterocycles. The molecule has 0 aliphatic carbocycles. The lowest BCUT2D eigenvalue weighted by molar-refractivity contribution is 0.215. The molecule has 0 amide bonds. The summed E-state index contributed by atoms with van der Waals surface area (Å²) in [6.45, 7) is 3.95. The third kappa shape index (κ3) is 1.96. The molecule has 1 heterocycles. The van der Waals surface area contributed by atoms with Gasteiger partial charge in [-0.3, -0.25) is 4.57 Å². The SMILES string of the molecule is CC(C)Oc1ncc(Br)n1C. The van der Waals surface area contributed by atoms with Crippen molar-refractivity contribution in [2.24, 2.45) is 7.05 Å². The summed E-state index contributed by atoms with van der Waals surface area (Å²) in [7, 11) is 1.90. The molecule has 3 nitrogen and oxygen atoms in total. The maximum atomic E-state index is 5.39. The van der Waals surface area contributed by atoms with Crippen LogP contribution in [0.3, 0.4) is 0 Å². The van der Waals surface area contributed by atoms with Crippen molar-refractivity contribution >= 4 is 15.9 Å². The van der Waals surface area contributed by atoms with Crippen LogP contribution in [0.5, 0.6) is 6.01 Å². The first kappa shape index (κ1) is 8.59. The molecule has 0 spiro atoms. The van der Waals surface area contributed by atoms with Crippen LogP contribution in [-0.4, -0.2) is 15.7 Å². The van der Waals surface area contributed by atoms with Gasteiger partial charge in [0, 0.05) is 7.05 Å². The Morgan fingerprint density at radius 3 is 2.64 bits per heavy atom. The smallest absolute Gasteiger partial charge is 0.297 e. The summed E-state index contributed by atoms with van der Waals surface area (Å²) in [4.78, 5) is 4.05. The molecule has 0 bridgehead atoms. The van der Waals surface area contributed by atoms with E-state index in [4.69, 9.17) is 4.74 Å². The zero-order valence-electron chi connectivity index (χ0n) is 6.84.